The van der Waals surface area contributed by atoms with E-state index in [1.165, 1.54) is 6.07 Å². The van der Waals surface area contributed by atoms with Gasteiger partial charge in [-0.3, -0.25) is 0 Å². The number of halogens is 1. The second-order valence-electron chi connectivity index (χ2n) is 5.46. The molecule has 21 heavy (non-hydrogen) atoms. The number of hydrogen-bond donors (Lipinski definition) is 0. The Morgan fingerprint density at radius 3 is 2.81 bits per heavy atom. The molecule has 0 unspecified atom stereocenters. The van der Waals surface area contributed by atoms with Gasteiger partial charge < -0.3 is 9.64 Å². The Labute approximate surface area is 130 Å². The highest BCUT2D eigenvalue weighted by molar-refractivity contribution is 7.91. The van der Waals surface area contributed by atoms with Gasteiger partial charge in [-0.15, -0.1) is 0 Å². The minimum atomic E-state index is -3.22. The van der Waals surface area contributed by atoms with Gasteiger partial charge in [-0.2, -0.15) is 0 Å². The SMILES string of the molecule is CC(C)S(=O)(=O)Cc1cc(Cl)nc(N2CCOC[C@@H]2C)n1. The molecule has 1 aliphatic heterocycles. The Bertz CT molecular complexity index is 607. The molecule has 2 heterocycles. The Hall–Kier alpha value is -0.920. The van der Waals surface area contributed by atoms with Gasteiger partial charge in [0.15, 0.2) is 9.84 Å². The lowest BCUT2D eigenvalue weighted by atomic mass is 10.3. The third-order valence-electron chi connectivity index (χ3n) is 3.43. The van der Waals surface area contributed by atoms with Crippen molar-refractivity contribution in [2.45, 2.75) is 37.8 Å². The molecule has 1 aliphatic rings. The normalized spacial score (nSPS) is 20.0. The van der Waals surface area contributed by atoms with E-state index < -0.39 is 15.1 Å². The van der Waals surface area contributed by atoms with Crippen LogP contribution in [0, 0.1) is 0 Å². The van der Waals surface area contributed by atoms with E-state index in [0.717, 1.165) is 0 Å². The van der Waals surface area contributed by atoms with Crippen molar-refractivity contribution in [2.24, 2.45) is 0 Å². The van der Waals surface area contributed by atoms with Gasteiger partial charge in [-0.1, -0.05) is 11.6 Å². The highest BCUT2D eigenvalue weighted by atomic mass is 35.5. The van der Waals surface area contributed by atoms with Crippen LogP contribution in [0.2, 0.25) is 5.15 Å². The highest BCUT2D eigenvalue weighted by Gasteiger charge is 2.24. The first-order valence-corrected chi connectivity index (χ1v) is 8.98. The second-order valence-corrected chi connectivity index (χ2v) is 8.40. The highest BCUT2D eigenvalue weighted by Crippen LogP contribution is 2.20. The van der Waals surface area contributed by atoms with Crippen LogP contribution in [0.3, 0.4) is 0 Å². The lowest BCUT2D eigenvalue weighted by Gasteiger charge is -2.33. The van der Waals surface area contributed by atoms with E-state index in [2.05, 4.69) is 9.97 Å². The van der Waals surface area contributed by atoms with Crippen molar-refractivity contribution in [3.05, 3.63) is 16.9 Å². The summed E-state index contributed by atoms with van der Waals surface area (Å²) in [5.41, 5.74) is 0.428. The number of ether oxygens (including phenoxy) is 1. The third kappa shape index (κ3) is 4.05. The standard InChI is InChI=1S/C13H20ClN3O3S/c1-9(2)21(18,19)8-11-6-12(14)16-13(15-11)17-4-5-20-7-10(17)3/h6,9-10H,4-5,7-8H2,1-3H3/t10-/m0/s1. The van der Waals surface area contributed by atoms with Crippen LogP contribution < -0.4 is 4.90 Å². The maximum atomic E-state index is 12.0. The molecule has 0 amide bonds. The van der Waals surface area contributed by atoms with Crippen LogP contribution in [0.5, 0.6) is 0 Å². The summed E-state index contributed by atoms with van der Waals surface area (Å²) in [5, 5.41) is -0.190. The van der Waals surface area contributed by atoms with Crippen molar-refractivity contribution in [3.8, 4) is 0 Å². The van der Waals surface area contributed by atoms with Gasteiger partial charge in [-0.25, -0.2) is 18.4 Å². The van der Waals surface area contributed by atoms with Crippen LogP contribution in [0.25, 0.3) is 0 Å². The number of anilines is 1. The molecule has 0 radical (unpaired) electrons. The van der Waals surface area contributed by atoms with E-state index in [1.807, 2.05) is 11.8 Å². The van der Waals surface area contributed by atoms with Gasteiger partial charge in [0.25, 0.3) is 0 Å². The van der Waals surface area contributed by atoms with Crippen molar-refractivity contribution < 1.29 is 13.2 Å². The number of rotatable bonds is 4. The Morgan fingerprint density at radius 2 is 2.19 bits per heavy atom. The average molecular weight is 334 g/mol. The van der Waals surface area contributed by atoms with Crippen LogP contribution in [-0.4, -0.2) is 49.4 Å². The predicted molar refractivity (Wildman–Crippen MR) is 82.4 cm³/mol. The summed E-state index contributed by atoms with van der Waals surface area (Å²) in [5.74, 6) is 0.339. The van der Waals surface area contributed by atoms with Crippen molar-refractivity contribution in [1.29, 1.82) is 0 Å². The van der Waals surface area contributed by atoms with E-state index in [9.17, 15) is 8.42 Å². The summed E-state index contributed by atoms with van der Waals surface area (Å²) in [7, 11) is -3.22. The fourth-order valence-electron chi connectivity index (χ4n) is 2.05. The molecule has 0 spiro atoms. The van der Waals surface area contributed by atoms with Crippen molar-refractivity contribution >= 4 is 27.4 Å². The molecule has 0 N–H and O–H groups in total. The van der Waals surface area contributed by atoms with Gasteiger partial charge in [0, 0.05) is 6.54 Å². The first-order chi connectivity index (χ1) is 9.79. The molecular formula is C13H20ClN3O3S. The minimum Gasteiger partial charge on any atom is -0.377 e. The number of sulfone groups is 1. The van der Waals surface area contributed by atoms with Crippen molar-refractivity contribution in [2.75, 3.05) is 24.7 Å². The lowest BCUT2D eigenvalue weighted by Crippen LogP contribution is -2.44. The number of nitrogens with zero attached hydrogens (tertiary/aromatic N) is 3. The molecule has 0 aliphatic carbocycles. The van der Waals surface area contributed by atoms with Crippen molar-refractivity contribution in [3.63, 3.8) is 0 Å². The van der Waals surface area contributed by atoms with Gasteiger partial charge in [0.05, 0.1) is 36.0 Å². The summed E-state index contributed by atoms with van der Waals surface area (Å²) in [6, 6.07) is 1.64. The Balaban J connectivity index is 2.29. The molecule has 8 heteroatoms. The van der Waals surface area contributed by atoms with Gasteiger partial charge in [0.2, 0.25) is 5.95 Å². The topological polar surface area (TPSA) is 72.4 Å². The zero-order valence-corrected chi connectivity index (χ0v) is 14.0. The van der Waals surface area contributed by atoms with Crippen molar-refractivity contribution in [1.82, 2.24) is 9.97 Å². The zero-order chi connectivity index (χ0) is 15.6. The lowest BCUT2D eigenvalue weighted by molar-refractivity contribution is 0.0980. The monoisotopic (exact) mass is 333 g/mol. The van der Waals surface area contributed by atoms with Crippen LogP contribution in [0.15, 0.2) is 6.07 Å². The molecular weight excluding hydrogens is 314 g/mol. The summed E-state index contributed by atoms with van der Waals surface area (Å²) >= 11 is 6.02. The first-order valence-electron chi connectivity index (χ1n) is 6.89. The summed E-state index contributed by atoms with van der Waals surface area (Å²) in [6.45, 7) is 7.17. The van der Waals surface area contributed by atoms with Gasteiger partial charge in [0.1, 0.15) is 5.15 Å². The second kappa shape index (κ2) is 6.46. The molecule has 1 fully saturated rings. The smallest absolute Gasteiger partial charge is 0.227 e. The molecule has 1 saturated heterocycles. The molecule has 1 aromatic heterocycles. The quantitative estimate of drug-likeness (QED) is 0.781. The average Bonchev–Trinajstić information content (AvgIpc) is 2.37. The zero-order valence-electron chi connectivity index (χ0n) is 12.4. The Morgan fingerprint density at radius 1 is 1.48 bits per heavy atom. The number of morpholine rings is 1. The van der Waals surface area contributed by atoms with Crippen LogP contribution in [0.1, 0.15) is 26.5 Å². The van der Waals surface area contributed by atoms with Gasteiger partial charge >= 0.3 is 0 Å². The minimum absolute atomic E-state index is 0.126. The molecule has 0 bridgehead atoms. The fourth-order valence-corrected chi connectivity index (χ4v) is 3.15. The molecule has 1 atom stereocenters. The number of aromatic nitrogens is 2. The maximum absolute atomic E-state index is 12.0. The predicted octanol–water partition coefficient (Wildman–Crippen LogP) is 1.68. The molecule has 118 valence electrons. The molecule has 0 saturated carbocycles. The summed E-state index contributed by atoms with van der Waals surface area (Å²) in [4.78, 5) is 10.6. The third-order valence-corrected chi connectivity index (χ3v) is 5.76. The molecule has 2 rings (SSSR count). The summed E-state index contributed by atoms with van der Waals surface area (Å²) in [6.07, 6.45) is 0. The fraction of sp³-hybridized carbons (Fsp3) is 0.692. The maximum Gasteiger partial charge on any atom is 0.227 e. The van der Waals surface area contributed by atoms with Crippen LogP contribution >= 0.6 is 11.6 Å². The number of hydrogen-bond acceptors (Lipinski definition) is 6. The van der Waals surface area contributed by atoms with E-state index in [-0.39, 0.29) is 16.9 Å². The molecule has 1 aromatic rings. The Kier molecular flexibility index (Phi) is 5.06. The van der Waals surface area contributed by atoms with E-state index in [4.69, 9.17) is 16.3 Å². The van der Waals surface area contributed by atoms with E-state index >= 15 is 0 Å². The van der Waals surface area contributed by atoms with E-state index in [0.29, 0.717) is 31.4 Å². The molecule has 6 nitrogen and oxygen atoms in total. The largest absolute Gasteiger partial charge is 0.377 e. The van der Waals surface area contributed by atoms with Crippen LogP contribution in [-0.2, 0) is 20.3 Å². The van der Waals surface area contributed by atoms with Crippen LogP contribution in [0.4, 0.5) is 5.95 Å². The first kappa shape index (κ1) is 16.5. The van der Waals surface area contributed by atoms with E-state index in [1.54, 1.807) is 13.8 Å². The summed E-state index contributed by atoms with van der Waals surface area (Å²) < 4.78 is 29.4. The molecule has 0 aromatic carbocycles. The van der Waals surface area contributed by atoms with Gasteiger partial charge in [-0.05, 0) is 26.8 Å².